The number of fused-ring (bicyclic) bond motifs is 1. The van der Waals surface area contributed by atoms with Gasteiger partial charge in [0.25, 0.3) is 0 Å². The molecule has 2 aromatic carbocycles. The average molecular weight is 461 g/mol. The van der Waals surface area contributed by atoms with Crippen LogP contribution in [0.3, 0.4) is 0 Å². The minimum atomic E-state index is -0.562. The number of piperidine rings is 1. The highest BCUT2D eigenvalue weighted by Crippen LogP contribution is 2.44. The van der Waals surface area contributed by atoms with E-state index in [9.17, 15) is 4.79 Å². The minimum absolute atomic E-state index is 0.00908. The lowest BCUT2D eigenvalue weighted by Gasteiger charge is -2.46. The zero-order valence-electron chi connectivity index (χ0n) is 20.0. The van der Waals surface area contributed by atoms with Crippen LogP contribution in [0.2, 0.25) is 0 Å². The maximum absolute atomic E-state index is 13.6. The molecule has 8 nitrogen and oxygen atoms in total. The third-order valence-electron chi connectivity index (χ3n) is 7.02. The first-order valence-electron chi connectivity index (χ1n) is 12.1. The molecule has 5 rings (SSSR count). The number of para-hydroxylation sites is 1. The molecule has 0 saturated carbocycles. The topological polar surface area (TPSA) is 85.2 Å². The molecule has 0 aliphatic carbocycles. The molecule has 2 atom stereocenters. The van der Waals surface area contributed by atoms with Crippen molar-refractivity contribution in [3.63, 3.8) is 0 Å². The van der Waals surface area contributed by atoms with E-state index in [1.54, 1.807) is 0 Å². The molecule has 0 bridgehead atoms. The van der Waals surface area contributed by atoms with E-state index in [2.05, 4.69) is 32.7 Å². The van der Waals surface area contributed by atoms with Crippen molar-refractivity contribution in [3.8, 4) is 17.1 Å². The van der Waals surface area contributed by atoms with E-state index in [1.165, 1.54) is 4.80 Å². The normalized spacial score (nSPS) is 20.5. The monoisotopic (exact) mass is 460 g/mol. The van der Waals surface area contributed by atoms with Crippen LogP contribution in [0.4, 0.5) is 0 Å². The summed E-state index contributed by atoms with van der Waals surface area (Å²) in [6.07, 6.45) is 2.65. The van der Waals surface area contributed by atoms with Gasteiger partial charge < -0.3 is 15.0 Å². The second-order valence-electron chi connectivity index (χ2n) is 9.88. The van der Waals surface area contributed by atoms with Gasteiger partial charge in [-0.2, -0.15) is 4.80 Å². The summed E-state index contributed by atoms with van der Waals surface area (Å²) in [7, 11) is 2.14. The molecule has 2 unspecified atom stereocenters. The summed E-state index contributed by atoms with van der Waals surface area (Å²) in [6, 6.07) is 17.1. The van der Waals surface area contributed by atoms with E-state index in [0.717, 1.165) is 49.2 Å². The number of aromatic nitrogens is 4. The predicted molar refractivity (Wildman–Crippen MR) is 129 cm³/mol. The number of ether oxygens (including phenoxy) is 1. The Bertz CT molecular complexity index is 1140. The van der Waals surface area contributed by atoms with E-state index >= 15 is 0 Å². The third-order valence-corrected chi connectivity index (χ3v) is 7.02. The Morgan fingerprint density at radius 2 is 1.79 bits per heavy atom. The Hall–Kier alpha value is -3.26. The molecule has 2 aliphatic heterocycles. The Morgan fingerprint density at radius 3 is 2.53 bits per heavy atom. The fourth-order valence-corrected chi connectivity index (χ4v) is 5.06. The molecule has 178 valence electrons. The molecule has 1 aromatic heterocycles. The van der Waals surface area contributed by atoms with Gasteiger partial charge in [-0.25, -0.2) is 0 Å². The highest BCUT2D eigenvalue weighted by molar-refractivity contribution is 5.81. The number of nitrogens with one attached hydrogen (secondary N) is 1. The molecule has 1 N–H and O–H groups in total. The smallest absolute Gasteiger partial charge is 0.247 e. The lowest BCUT2D eigenvalue weighted by atomic mass is 9.80. The molecule has 1 spiro atoms. The maximum atomic E-state index is 13.6. The van der Waals surface area contributed by atoms with E-state index < -0.39 is 6.04 Å². The summed E-state index contributed by atoms with van der Waals surface area (Å²) in [6.45, 7) is 5.99. The van der Waals surface area contributed by atoms with Gasteiger partial charge in [-0.3, -0.25) is 4.79 Å². The molecule has 1 fully saturated rings. The van der Waals surface area contributed by atoms with Gasteiger partial charge in [0, 0.05) is 30.6 Å². The van der Waals surface area contributed by atoms with Crippen LogP contribution in [-0.4, -0.2) is 56.8 Å². The lowest BCUT2D eigenvalue weighted by molar-refractivity contribution is -0.128. The second kappa shape index (κ2) is 9.18. The first-order valence-corrected chi connectivity index (χ1v) is 12.1. The van der Waals surface area contributed by atoms with Crippen LogP contribution in [0.25, 0.3) is 11.4 Å². The molecule has 0 radical (unpaired) electrons. The Balaban J connectivity index is 1.40. The van der Waals surface area contributed by atoms with Crippen molar-refractivity contribution in [2.24, 2.45) is 5.92 Å². The van der Waals surface area contributed by atoms with Crippen LogP contribution in [-0.2, 0) is 4.79 Å². The van der Waals surface area contributed by atoms with E-state index in [-0.39, 0.29) is 23.5 Å². The third kappa shape index (κ3) is 4.42. The molecule has 3 aromatic rings. The molecule has 34 heavy (non-hydrogen) atoms. The SMILES string of the molecule is CC(C)C(C(=O)NC1CC2(CCN(C)CC2)Oc2ccccc21)n1nnc(-c2ccccc2)n1. The van der Waals surface area contributed by atoms with E-state index in [4.69, 9.17) is 4.74 Å². The van der Waals surface area contributed by atoms with Crippen LogP contribution < -0.4 is 10.1 Å². The fraction of sp³-hybridized carbons (Fsp3) is 0.462. The Morgan fingerprint density at radius 1 is 1.09 bits per heavy atom. The number of carbonyl (C=O) groups is 1. The van der Waals surface area contributed by atoms with Gasteiger partial charge in [0.05, 0.1) is 6.04 Å². The number of nitrogens with zero attached hydrogens (tertiary/aromatic N) is 5. The first-order chi connectivity index (χ1) is 16.4. The summed E-state index contributed by atoms with van der Waals surface area (Å²) in [5.41, 5.74) is 1.65. The van der Waals surface area contributed by atoms with Gasteiger partial charge >= 0.3 is 0 Å². The molecule has 8 heteroatoms. The summed E-state index contributed by atoms with van der Waals surface area (Å²) in [4.78, 5) is 17.4. The summed E-state index contributed by atoms with van der Waals surface area (Å²) >= 11 is 0. The van der Waals surface area contributed by atoms with Crippen LogP contribution in [0.5, 0.6) is 5.75 Å². The van der Waals surface area contributed by atoms with Crippen molar-refractivity contribution in [2.45, 2.75) is 50.8 Å². The second-order valence-corrected chi connectivity index (χ2v) is 9.88. The Kier molecular flexibility index (Phi) is 6.08. The number of hydrogen-bond donors (Lipinski definition) is 1. The number of likely N-dealkylation sites (tertiary alicyclic amines) is 1. The van der Waals surface area contributed by atoms with Gasteiger partial charge in [-0.05, 0) is 37.1 Å². The van der Waals surface area contributed by atoms with Crippen LogP contribution in [0.15, 0.2) is 54.6 Å². The number of rotatable bonds is 5. The lowest BCUT2D eigenvalue weighted by Crippen LogP contribution is -2.52. The molecule has 3 heterocycles. The number of tetrazole rings is 1. The van der Waals surface area contributed by atoms with Crippen molar-refractivity contribution in [3.05, 3.63) is 60.2 Å². The maximum Gasteiger partial charge on any atom is 0.247 e. The number of carbonyl (C=O) groups excluding carboxylic acids is 1. The van der Waals surface area contributed by atoms with Crippen molar-refractivity contribution in [1.29, 1.82) is 0 Å². The van der Waals surface area contributed by atoms with Crippen LogP contribution >= 0.6 is 0 Å². The zero-order chi connectivity index (χ0) is 23.7. The average Bonchev–Trinajstić information content (AvgIpc) is 3.31. The molecular formula is C26H32N6O2. The number of benzene rings is 2. The van der Waals surface area contributed by atoms with E-state index in [1.807, 2.05) is 68.4 Å². The largest absolute Gasteiger partial charge is 0.487 e. The summed E-state index contributed by atoms with van der Waals surface area (Å²) in [5.74, 6) is 1.28. The van der Waals surface area contributed by atoms with Gasteiger partial charge in [0.15, 0.2) is 6.04 Å². The number of amides is 1. The van der Waals surface area contributed by atoms with Crippen molar-refractivity contribution >= 4 is 5.91 Å². The molecular weight excluding hydrogens is 428 g/mol. The summed E-state index contributed by atoms with van der Waals surface area (Å²) in [5, 5.41) is 16.3. The molecule has 2 aliphatic rings. The fourth-order valence-electron chi connectivity index (χ4n) is 5.06. The standard InChI is InChI=1S/C26H32N6O2/c1-18(2)23(32-29-24(28-30-32)19-9-5-4-6-10-19)25(33)27-21-17-26(13-15-31(3)16-14-26)34-22-12-8-7-11-20(21)22/h4-12,18,21,23H,13-17H2,1-3H3,(H,27,33). The first kappa shape index (κ1) is 22.5. The van der Waals surface area contributed by atoms with Crippen LogP contribution in [0.1, 0.15) is 50.8 Å². The van der Waals surface area contributed by atoms with Crippen molar-refractivity contribution < 1.29 is 9.53 Å². The Labute approximate surface area is 200 Å². The molecule has 1 saturated heterocycles. The number of hydrogen-bond acceptors (Lipinski definition) is 6. The molecule has 1 amide bonds. The van der Waals surface area contributed by atoms with Gasteiger partial charge in [-0.15, -0.1) is 10.2 Å². The highest BCUT2D eigenvalue weighted by Gasteiger charge is 2.44. The van der Waals surface area contributed by atoms with Gasteiger partial charge in [-0.1, -0.05) is 62.4 Å². The van der Waals surface area contributed by atoms with E-state index in [0.29, 0.717) is 5.82 Å². The quantitative estimate of drug-likeness (QED) is 0.626. The van der Waals surface area contributed by atoms with Crippen molar-refractivity contribution in [2.75, 3.05) is 20.1 Å². The minimum Gasteiger partial charge on any atom is -0.487 e. The van der Waals surface area contributed by atoms with Gasteiger partial charge in [0.1, 0.15) is 11.4 Å². The van der Waals surface area contributed by atoms with Gasteiger partial charge in [0.2, 0.25) is 11.7 Å². The van der Waals surface area contributed by atoms with Crippen LogP contribution in [0, 0.1) is 5.92 Å². The predicted octanol–water partition coefficient (Wildman–Crippen LogP) is 3.64. The highest BCUT2D eigenvalue weighted by atomic mass is 16.5. The zero-order valence-corrected chi connectivity index (χ0v) is 20.0. The summed E-state index contributed by atoms with van der Waals surface area (Å²) < 4.78 is 6.55. The van der Waals surface area contributed by atoms with Crippen molar-refractivity contribution in [1.82, 2.24) is 30.4 Å².